The van der Waals surface area contributed by atoms with E-state index < -0.39 is 4.92 Å². The van der Waals surface area contributed by atoms with E-state index in [1.807, 2.05) is 20.8 Å². The molecule has 7 nitrogen and oxygen atoms in total. The number of nitrogens with zero attached hydrogens (tertiary/aromatic N) is 3. The average molecular weight is 287 g/mol. The molecule has 0 saturated heterocycles. The first-order valence-corrected chi connectivity index (χ1v) is 6.42. The quantitative estimate of drug-likeness (QED) is 0.510. The highest BCUT2D eigenvalue weighted by Gasteiger charge is 2.19. The summed E-state index contributed by atoms with van der Waals surface area (Å²) in [4.78, 5) is 19.2. The van der Waals surface area contributed by atoms with Crippen LogP contribution in [0.4, 0.5) is 11.5 Å². The van der Waals surface area contributed by atoms with Crippen molar-refractivity contribution >= 4 is 11.5 Å². The molecule has 7 heteroatoms. The molecule has 2 rings (SSSR count). The van der Waals surface area contributed by atoms with Gasteiger partial charge in [-0.15, -0.1) is 0 Å². The minimum absolute atomic E-state index is 0.000445. The van der Waals surface area contributed by atoms with E-state index in [1.165, 1.54) is 12.1 Å². The van der Waals surface area contributed by atoms with Crippen molar-refractivity contribution in [3.8, 4) is 11.4 Å². The molecule has 21 heavy (non-hydrogen) atoms. The number of hydrogen-bond donors (Lipinski definition) is 2. The highest BCUT2D eigenvalue weighted by atomic mass is 16.6. The molecule has 1 aromatic heterocycles. The van der Waals surface area contributed by atoms with Gasteiger partial charge in [0.1, 0.15) is 5.82 Å². The number of nitrogens with two attached hydrogens (primary N) is 1. The molecule has 110 valence electrons. The number of nitro benzene ring substituents is 1. The third kappa shape index (κ3) is 3.32. The summed E-state index contributed by atoms with van der Waals surface area (Å²) >= 11 is 0. The fourth-order valence-corrected chi connectivity index (χ4v) is 1.79. The van der Waals surface area contributed by atoms with Crippen molar-refractivity contribution in [3.63, 3.8) is 0 Å². The van der Waals surface area contributed by atoms with Crippen molar-refractivity contribution in [2.24, 2.45) is 5.84 Å². The minimum atomic E-state index is -0.445. The second kappa shape index (κ2) is 5.45. The molecule has 0 atom stereocenters. The molecular weight excluding hydrogens is 270 g/mol. The van der Waals surface area contributed by atoms with Gasteiger partial charge in [-0.1, -0.05) is 32.9 Å². The number of rotatable bonds is 3. The van der Waals surface area contributed by atoms with Gasteiger partial charge in [-0.2, -0.15) is 0 Å². The van der Waals surface area contributed by atoms with Crippen LogP contribution in [-0.2, 0) is 5.41 Å². The van der Waals surface area contributed by atoms with E-state index >= 15 is 0 Å². The Balaban J connectivity index is 2.58. The second-order valence-electron chi connectivity index (χ2n) is 5.66. The predicted molar refractivity (Wildman–Crippen MR) is 80.6 cm³/mol. The summed E-state index contributed by atoms with van der Waals surface area (Å²) < 4.78 is 0. The number of nitro groups is 1. The van der Waals surface area contributed by atoms with Gasteiger partial charge in [0.05, 0.1) is 10.6 Å². The summed E-state index contributed by atoms with van der Waals surface area (Å²) in [5.74, 6) is 6.31. The van der Waals surface area contributed by atoms with Crippen LogP contribution in [0, 0.1) is 10.1 Å². The van der Waals surface area contributed by atoms with Crippen LogP contribution >= 0.6 is 0 Å². The maximum absolute atomic E-state index is 10.9. The lowest BCUT2D eigenvalue weighted by molar-refractivity contribution is -0.384. The van der Waals surface area contributed by atoms with Gasteiger partial charge < -0.3 is 5.43 Å². The average Bonchev–Trinajstić information content (AvgIpc) is 2.46. The lowest BCUT2D eigenvalue weighted by Gasteiger charge is -2.19. The van der Waals surface area contributed by atoms with E-state index in [0.717, 1.165) is 5.69 Å². The Labute approximate surface area is 122 Å². The van der Waals surface area contributed by atoms with Crippen LogP contribution in [0.1, 0.15) is 26.5 Å². The van der Waals surface area contributed by atoms with Gasteiger partial charge in [0.15, 0.2) is 5.82 Å². The number of hydrazine groups is 1. The van der Waals surface area contributed by atoms with Gasteiger partial charge in [0.2, 0.25) is 0 Å². The Hall–Kier alpha value is -2.54. The first-order valence-electron chi connectivity index (χ1n) is 6.42. The molecule has 0 saturated carbocycles. The highest BCUT2D eigenvalue weighted by molar-refractivity contribution is 5.61. The standard InChI is InChI=1S/C14H17N5O2/c1-14(2,3)11-8-12(18-15)17-13(16-11)9-5-4-6-10(7-9)19(20)21/h4-8H,15H2,1-3H3,(H,16,17,18). The molecule has 0 aliphatic heterocycles. The van der Waals surface area contributed by atoms with Crippen molar-refractivity contribution in [1.82, 2.24) is 9.97 Å². The van der Waals surface area contributed by atoms with Crippen LogP contribution in [0.25, 0.3) is 11.4 Å². The van der Waals surface area contributed by atoms with Crippen molar-refractivity contribution in [1.29, 1.82) is 0 Å². The molecule has 0 aliphatic rings. The van der Waals surface area contributed by atoms with Gasteiger partial charge in [0, 0.05) is 29.2 Å². The maximum Gasteiger partial charge on any atom is 0.270 e. The molecule has 1 aromatic carbocycles. The summed E-state index contributed by atoms with van der Waals surface area (Å²) in [5.41, 5.74) is 3.68. The Morgan fingerprint density at radius 3 is 2.52 bits per heavy atom. The number of anilines is 1. The lowest BCUT2D eigenvalue weighted by atomic mass is 9.92. The van der Waals surface area contributed by atoms with Crippen LogP contribution in [0.3, 0.4) is 0 Å². The number of benzene rings is 1. The van der Waals surface area contributed by atoms with E-state index in [-0.39, 0.29) is 11.1 Å². The van der Waals surface area contributed by atoms with Gasteiger partial charge in [-0.25, -0.2) is 15.8 Å². The lowest BCUT2D eigenvalue weighted by Crippen LogP contribution is -2.17. The number of nitrogens with one attached hydrogen (secondary N) is 1. The highest BCUT2D eigenvalue weighted by Crippen LogP contribution is 2.27. The third-order valence-electron chi connectivity index (χ3n) is 2.96. The van der Waals surface area contributed by atoms with E-state index in [4.69, 9.17) is 5.84 Å². The third-order valence-corrected chi connectivity index (χ3v) is 2.96. The molecule has 0 fully saturated rings. The zero-order valence-electron chi connectivity index (χ0n) is 12.1. The van der Waals surface area contributed by atoms with Crippen molar-refractivity contribution in [3.05, 3.63) is 46.1 Å². The molecule has 0 aliphatic carbocycles. The van der Waals surface area contributed by atoms with Gasteiger partial charge in [-0.3, -0.25) is 10.1 Å². The number of nitrogen functional groups attached to an aromatic ring is 1. The zero-order chi connectivity index (χ0) is 15.6. The SMILES string of the molecule is CC(C)(C)c1cc(NN)nc(-c2cccc([N+](=O)[O-])c2)n1. The molecule has 0 radical (unpaired) electrons. The molecule has 1 heterocycles. The summed E-state index contributed by atoms with van der Waals surface area (Å²) in [6.07, 6.45) is 0. The minimum Gasteiger partial charge on any atom is -0.308 e. The summed E-state index contributed by atoms with van der Waals surface area (Å²) in [6, 6.07) is 7.98. The van der Waals surface area contributed by atoms with Crippen LogP contribution < -0.4 is 11.3 Å². The van der Waals surface area contributed by atoms with Crippen LogP contribution in [0.15, 0.2) is 30.3 Å². The molecule has 0 bridgehead atoms. The molecule has 2 aromatic rings. The number of aromatic nitrogens is 2. The number of hydrogen-bond acceptors (Lipinski definition) is 6. The smallest absolute Gasteiger partial charge is 0.270 e. The van der Waals surface area contributed by atoms with Crippen LogP contribution in [0.2, 0.25) is 0 Å². The Kier molecular flexibility index (Phi) is 3.86. The topological polar surface area (TPSA) is 107 Å². The molecular formula is C14H17N5O2. The summed E-state index contributed by atoms with van der Waals surface area (Å²) in [6.45, 7) is 6.06. The molecule has 0 amide bonds. The van der Waals surface area contributed by atoms with E-state index in [0.29, 0.717) is 17.2 Å². The first kappa shape index (κ1) is 14.9. The molecule has 0 spiro atoms. The zero-order valence-corrected chi connectivity index (χ0v) is 12.1. The largest absolute Gasteiger partial charge is 0.308 e. The second-order valence-corrected chi connectivity index (χ2v) is 5.66. The molecule has 3 N–H and O–H groups in total. The van der Waals surface area contributed by atoms with E-state index in [1.54, 1.807) is 18.2 Å². The Morgan fingerprint density at radius 2 is 1.95 bits per heavy atom. The Bertz CT molecular complexity index is 679. The number of non-ortho nitro benzene ring substituents is 1. The normalized spacial score (nSPS) is 11.2. The fourth-order valence-electron chi connectivity index (χ4n) is 1.79. The van der Waals surface area contributed by atoms with Gasteiger partial charge >= 0.3 is 0 Å². The monoisotopic (exact) mass is 287 g/mol. The van der Waals surface area contributed by atoms with Gasteiger partial charge in [0.25, 0.3) is 5.69 Å². The predicted octanol–water partition coefficient (Wildman–Crippen LogP) is 2.63. The van der Waals surface area contributed by atoms with E-state index in [9.17, 15) is 10.1 Å². The van der Waals surface area contributed by atoms with Crippen LogP contribution in [0.5, 0.6) is 0 Å². The van der Waals surface area contributed by atoms with Crippen LogP contribution in [-0.4, -0.2) is 14.9 Å². The van der Waals surface area contributed by atoms with Crippen molar-refractivity contribution in [2.45, 2.75) is 26.2 Å². The summed E-state index contributed by atoms with van der Waals surface area (Å²) in [7, 11) is 0. The molecule has 0 unspecified atom stereocenters. The maximum atomic E-state index is 10.9. The van der Waals surface area contributed by atoms with Gasteiger partial charge in [-0.05, 0) is 0 Å². The first-order chi connectivity index (χ1) is 9.81. The van der Waals surface area contributed by atoms with Crippen molar-refractivity contribution in [2.75, 3.05) is 5.43 Å². The van der Waals surface area contributed by atoms with E-state index in [2.05, 4.69) is 15.4 Å². The van der Waals surface area contributed by atoms with Crippen molar-refractivity contribution < 1.29 is 4.92 Å². The fraction of sp³-hybridized carbons (Fsp3) is 0.286. The Morgan fingerprint density at radius 1 is 1.24 bits per heavy atom. The summed E-state index contributed by atoms with van der Waals surface area (Å²) in [5, 5.41) is 10.9.